The molecule has 2 N–H and O–H groups in total. The summed E-state index contributed by atoms with van der Waals surface area (Å²) in [5, 5.41) is 10.2. The van der Waals surface area contributed by atoms with E-state index in [0.717, 1.165) is 19.3 Å². The average molecular weight is 421 g/mol. The Morgan fingerprint density at radius 2 is 1.41 bits per heavy atom. The molecule has 2 rings (SSSR count). The van der Waals surface area contributed by atoms with Gasteiger partial charge in [0.25, 0.3) is 10.1 Å². The van der Waals surface area contributed by atoms with Crippen LogP contribution in [0.15, 0.2) is 47.4 Å². The number of phenolic OH excluding ortho intramolecular Hbond substituents is 1. The van der Waals surface area contributed by atoms with Gasteiger partial charge in [0.15, 0.2) is 0 Å². The predicted octanol–water partition coefficient (Wildman–Crippen LogP) is 6.50. The van der Waals surface area contributed by atoms with E-state index in [4.69, 9.17) is 4.74 Å². The molecule has 2 aromatic rings. The summed E-state index contributed by atoms with van der Waals surface area (Å²) >= 11 is 0. The van der Waals surface area contributed by atoms with E-state index >= 15 is 0 Å². The molecule has 29 heavy (non-hydrogen) atoms. The summed E-state index contributed by atoms with van der Waals surface area (Å²) in [6, 6.07) is 11.9. The molecule has 0 unspecified atom stereocenters. The van der Waals surface area contributed by atoms with Gasteiger partial charge in [-0.2, -0.15) is 8.42 Å². The van der Waals surface area contributed by atoms with Crippen molar-refractivity contribution < 1.29 is 22.8 Å². The molecular formula is C23H32O5S. The SMILES string of the molecule is CCCCCCCCCCCc1cc(Oc2ccccc2)cc(O)c1S(=O)(=O)O. The lowest BCUT2D eigenvalue weighted by Gasteiger charge is -2.13. The van der Waals surface area contributed by atoms with Crippen molar-refractivity contribution in [3.8, 4) is 17.2 Å². The average Bonchev–Trinajstić information content (AvgIpc) is 2.66. The third-order valence-corrected chi connectivity index (χ3v) is 5.89. The van der Waals surface area contributed by atoms with Gasteiger partial charge in [0.05, 0.1) is 0 Å². The van der Waals surface area contributed by atoms with Crippen molar-refractivity contribution in [2.24, 2.45) is 0 Å². The van der Waals surface area contributed by atoms with E-state index in [9.17, 15) is 18.1 Å². The molecule has 0 bridgehead atoms. The molecule has 0 aromatic heterocycles. The van der Waals surface area contributed by atoms with E-state index in [1.54, 1.807) is 18.2 Å². The summed E-state index contributed by atoms with van der Waals surface area (Å²) < 4.78 is 38.8. The van der Waals surface area contributed by atoms with Crippen LogP contribution in [0, 0.1) is 0 Å². The Balaban J connectivity index is 1.98. The van der Waals surface area contributed by atoms with Crippen molar-refractivity contribution in [3.05, 3.63) is 48.0 Å². The molecule has 0 spiro atoms. The number of unbranched alkanes of at least 4 members (excludes halogenated alkanes) is 8. The first-order chi connectivity index (χ1) is 13.9. The molecule has 0 heterocycles. The molecule has 0 aliphatic heterocycles. The molecule has 160 valence electrons. The molecule has 0 amide bonds. The van der Waals surface area contributed by atoms with E-state index in [-0.39, 0.29) is 0 Å². The van der Waals surface area contributed by atoms with E-state index in [1.807, 2.05) is 18.2 Å². The number of aryl methyl sites for hydroxylation is 1. The number of para-hydroxylation sites is 1. The molecule has 0 aliphatic rings. The molecule has 0 saturated heterocycles. The molecule has 0 aliphatic carbocycles. The zero-order chi connectivity index (χ0) is 21.1. The largest absolute Gasteiger partial charge is 0.506 e. The molecule has 0 atom stereocenters. The van der Waals surface area contributed by atoms with Crippen LogP contribution in [-0.4, -0.2) is 18.1 Å². The van der Waals surface area contributed by atoms with Crippen LogP contribution >= 0.6 is 0 Å². The van der Waals surface area contributed by atoms with Gasteiger partial charge in [-0.1, -0.05) is 76.5 Å². The molecule has 6 heteroatoms. The molecule has 0 fully saturated rings. The van der Waals surface area contributed by atoms with Crippen LogP contribution in [0.25, 0.3) is 0 Å². The Labute approximate surface area is 174 Å². The maximum Gasteiger partial charge on any atom is 0.298 e. The van der Waals surface area contributed by atoms with Gasteiger partial charge in [0, 0.05) is 6.07 Å². The monoisotopic (exact) mass is 420 g/mol. The normalized spacial score (nSPS) is 11.5. The Kier molecular flexibility index (Phi) is 9.48. The highest BCUT2D eigenvalue weighted by Crippen LogP contribution is 2.34. The molecule has 0 saturated carbocycles. The van der Waals surface area contributed by atoms with Crippen LogP contribution in [0.3, 0.4) is 0 Å². The van der Waals surface area contributed by atoms with Crippen LogP contribution in [0.2, 0.25) is 0 Å². The molecular weight excluding hydrogens is 388 g/mol. The minimum atomic E-state index is -4.52. The van der Waals surface area contributed by atoms with E-state index < -0.39 is 20.8 Å². The minimum Gasteiger partial charge on any atom is -0.506 e. The number of hydrogen-bond acceptors (Lipinski definition) is 4. The fourth-order valence-corrected chi connectivity index (χ4v) is 4.25. The van der Waals surface area contributed by atoms with Crippen molar-refractivity contribution >= 4 is 10.1 Å². The number of rotatable bonds is 13. The van der Waals surface area contributed by atoms with Gasteiger partial charge >= 0.3 is 0 Å². The van der Waals surface area contributed by atoms with Gasteiger partial charge in [-0.15, -0.1) is 0 Å². The lowest BCUT2D eigenvalue weighted by Crippen LogP contribution is -2.04. The van der Waals surface area contributed by atoms with E-state index in [1.165, 1.54) is 44.6 Å². The van der Waals surface area contributed by atoms with Gasteiger partial charge in [0.2, 0.25) is 0 Å². The molecule has 2 aromatic carbocycles. The topological polar surface area (TPSA) is 83.8 Å². The van der Waals surface area contributed by atoms with Crippen molar-refractivity contribution in [1.82, 2.24) is 0 Å². The second-order valence-corrected chi connectivity index (χ2v) is 8.76. The smallest absolute Gasteiger partial charge is 0.298 e. The van der Waals surface area contributed by atoms with Crippen LogP contribution in [0.4, 0.5) is 0 Å². The van der Waals surface area contributed by atoms with Gasteiger partial charge in [-0.05, 0) is 36.6 Å². The first-order valence-corrected chi connectivity index (χ1v) is 11.9. The summed E-state index contributed by atoms with van der Waals surface area (Å²) in [7, 11) is -4.52. The van der Waals surface area contributed by atoms with Crippen molar-refractivity contribution in [2.75, 3.05) is 0 Å². The number of aromatic hydroxyl groups is 1. The summed E-state index contributed by atoms with van der Waals surface area (Å²) in [6.07, 6.45) is 10.8. The third-order valence-electron chi connectivity index (χ3n) is 4.91. The summed E-state index contributed by atoms with van der Waals surface area (Å²) in [4.78, 5) is -0.419. The maximum atomic E-state index is 11.8. The van der Waals surface area contributed by atoms with Crippen LogP contribution in [-0.2, 0) is 16.5 Å². The fourth-order valence-electron chi connectivity index (χ4n) is 3.44. The van der Waals surface area contributed by atoms with Crippen molar-refractivity contribution in [1.29, 1.82) is 0 Å². The second kappa shape index (κ2) is 11.8. The molecule has 0 radical (unpaired) electrons. The third kappa shape index (κ3) is 8.07. The van der Waals surface area contributed by atoms with Crippen LogP contribution < -0.4 is 4.74 Å². The number of ether oxygens (including phenoxy) is 1. The number of benzene rings is 2. The fraction of sp³-hybridized carbons (Fsp3) is 0.478. The summed E-state index contributed by atoms with van der Waals surface area (Å²) in [5.41, 5.74) is 0.376. The van der Waals surface area contributed by atoms with Gasteiger partial charge in [0.1, 0.15) is 22.1 Å². The summed E-state index contributed by atoms with van der Waals surface area (Å²) in [6.45, 7) is 2.21. The zero-order valence-corrected chi connectivity index (χ0v) is 18.0. The van der Waals surface area contributed by atoms with E-state index in [2.05, 4.69) is 6.92 Å². The second-order valence-electron chi connectivity index (χ2n) is 7.40. The van der Waals surface area contributed by atoms with Crippen LogP contribution in [0.5, 0.6) is 17.2 Å². The lowest BCUT2D eigenvalue weighted by molar-refractivity contribution is 0.430. The Hall–Kier alpha value is -2.05. The quantitative estimate of drug-likeness (QED) is 0.285. The standard InChI is InChI=1S/C23H32O5S/c1-2-3-4-5-6-7-8-9-11-14-19-17-21(28-20-15-12-10-13-16-20)18-22(24)23(19)29(25,26)27/h10,12-13,15-18,24H,2-9,11,14H2,1H3,(H,25,26,27). The molecule has 5 nitrogen and oxygen atoms in total. The highest BCUT2D eigenvalue weighted by atomic mass is 32.2. The van der Waals surface area contributed by atoms with Gasteiger partial charge in [-0.3, -0.25) is 4.55 Å². The summed E-state index contributed by atoms with van der Waals surface area (Å²) in [5.74, 6) is 0.430. The van der Waals surface area contributed by atoms with Gasteiger partial charge < -0.3 is 9.84 Å². The first-order valence-electron chi connectivity index (χ1n) is 10.5. The van der Waals surface area contributed by atoms with Gasteiger partial charge in [-0.25, -0.2) is 0 Å². The Bertz CT molecular complexity index is 847. The predicted molar refractivity (Wildman–Crippen MR) is 115 cm³/mol. The Morgan fingerprint density at radius 1 is 0.828 bits per heavy atom. The zero-order valence-electron chi connectivity index (χ0n) is 17.1. The first kappa shape index (κ1) is 23.2. The van der Waals surface area contributed by atoms with Crippen molar-refractivity contribution in [2.45, 2.75) is 76.0 Å². The Morgan fingerprint density at radius 3 is 2.00 bits per heavy atom. The lowest BCUT2D eigenvalue weighted by atomic mass is 10.0. The van der Waals surface area contributed by atoms with E-state index in [0.29, 0.717) is 23.5 Å². The highest BCUT2D eigenvalue weighted by Gasteiger charge is 2.22. The minimum absolute atomic E-state index is 0.340. The number of hydrogen-bond donors (Lipinski definition) is 2. The number of phenols is 1. The maximum absolute atomic E-state index is 11.8. The van der Waals surface area contributed by atoms with Crippen LogP contribution in [0.1, 0.15) is 70.3 Å². The van der Waals surface area contributed by atoms with Crippen molar-refractivity contribution in [3.63, 3.8) is 0 Å². The highest BCUT2D eigenvalue weighted by molar-refractivity contribution is 7.86.